The van der Waals surface area contributed by atoms with Crippen molar-refractivity contribution in [1.29, 1.82) is 0 Å². The normalized spacial score (nSPS) is 11.5. The highest BCUT2D eigenvalue weighted by atomic mass is 16.5. The Morgan fingerprint density at radius 2 is 2.06 bits per heavy atom. The van der Waals surface area contributed by atoms with Gasteiger partial charge in [-0.25, -0.2) is 0 Å². The van der Waals surface area contributed by atoms with Crippen LogP contribution in [0, 0.1) is 24.7 Å². The first-order valence-electron chi connectivity index (χ1n) is 4.91. The Hall–Kier alpha value is -2.14. The highest BCUT2D eigenvalue weighted by Crippen LogP contribution is 2.32. The van der Waals surface area contributed by atoms with Crippen molar-refractivity contribution in [3.8, 4) is 36.2 Å². The summed E-state index contributed by atoms with van der Waals surface area (Å²) in [6.45, 7) is 0.296. The van der Waals surface area contributed by atoms with E-state index in [9.17, 15) is 10.2 Å². The molecule has 1 aromatic carbocycles. The number of nitrogens with two attached hydrogens (primary N) is 1. The molecule has 0 aliphatic carbocycles. The van der Waals surface area contributed by atoms with Gasteiger partial charge >= 0.3 is 0 Å². The van der Waals surface area contributed by atoms with Gasteiger partial charge in [-0.3, -0.25) is 0 Å². The third-order valence-electron chi connectivity index (χ3n) is 2.22. The van der Waals surface area contributed by atoms with E-state index in [1.165, 1.54) is 12.1 Å². The van der Waals surface area contributed by atoms with E-state index < -0.39 is 6.10 Å². The molecule has 1 aromatic rings. The van der Waals surface area contributed by atoms with Crippen molar-refractivity contribution in [3.05, 3.63) is 23.3 Å². The molecule has 1 unspecified atom stereocenters. The summed E-state index contributed by atoms with van der Waals surface area (Å²) in [6.07, 6.45) is 9.82. The average Bonchev–Trinajstić information content (AvgIpc) is 2.34. The molecule has 4 N–H and O–H groups in total. The van der Waals surface area contributed by atoms with E-state index in [0.29, 0.717) is 5.56 Å². The fourth-order valence-corrected chi connectivity index (χ4v) is 1.39. The van der Waals surface area contributed by atoms with E-state index in [1.807, 2.05) is 0 Å². The largest absolute Gasteiger partial charge is 0.504 e. The molecule has 1 atom stereocenters. The van der Waals surface area contributed by atoms with Crippen LogP contribution in [0.15, 0.2) is 12.1 Å². The first-order valence-corrected chi connectivity index (χ1v) is 4.91. The molecule has 0 saturated heterocycles. The number of phenols is 2. The van der Waals surface area contributed by atoms with Crippen LogP contribution in [0.5, 0.6) is 11.5 Å². The smallest absolute Gasteiger partial charge is 0.173 e. The van der Waals surface area contributed by atoms with E-state index in [0.717, 1.165) is 0 Å². The first kappa shape index (κ1) is 12.9. The van der Waals surface area contributed by atoms with Crippen LogP contribution in [0.4, 0.5) is 0 Å². The lowest BCUT2D eigenvalue weighted by Gasteiger charge is -2.16. The van der Waals surface area contributed by atoms with Crippen LogP contribution in [-0.4, -0.2) is 23.4 Å². The van der Waals surface area contributed by atoms with Gasteiger partial charge in [0.05, 0.1) is 11.7 Å². The number of hydrogen-bond acceptors (Lipinski definition) is 4. The Morgan fingerprint density at radius 1 is 1.35 bits per heavy atom. The zero-order valence-corrected chi connectivity index (χ0v) is 9.18. The van der Waals surface area contributed by atoms with Crippen molar-refractivity contribution < 1.29 is 14.9 Å². The van der Waals surface area contributed by atoms with Crippen LogP contribution in [0.25, 0.3) is 0 Å². The second-order valence-electron chi connectivity index (χ2n) is 3.32. The lowest BCUT2D eigenvalue weighted by molar-refractivity contribution is 0.0843. The van der Waals surface area contributed by atoms with E-state index in [2.05, 4.69) is 11.8 Å². The molecular weight excluding hydrogens is 218 g/mol. The number of benzene rings is 1. The molecule has 0 heterocycles. The van der Waals surface area contributed by atoms with Crippen molar-refractivity contribution in [2.24, 2.45) is 5.73 Å². The number of phenolic OH excluding ortho intramolecular Hbond substituents is 2. The summed E-state index contributed by atoms with van der Waals surface area (Å²) in [5.74, 6) is 3.95. The molecule has 0 amide bonds. The number of hydrogen-bond donors (Lipinski definition) is 3. The SMILES string of the molecule is C#CCOC(CN)c1cc(O)c(O)c(C#C)c1. The molecule has 0 bridgehead atoms. The van der Waals surface area contributed by atoms with Gasteiger partial charge in [0.2, 0.25) is 0 Å². The van der Waals surface area contributed by atoms with E-state index in [1.54, 1.807) is 0 Å². The maximum absolute atomic E-state index is 9.50. The van der Waals surface area contributed by atoms with Gasteiger partial charge in [-0.15, -0.1) is 12.8 Å². The molecule has 1 rings (SSSR count). The number of ether oxygens (including phenoxy) is 1. The topological polar surface area (TPSA) is 75.7 Å². The fourth-order valence-electron chi connectivity index (χ4n) is 1.39. The molecule has 88 valence electrons. The monoisotopic (exact) mass is 231 g/mol. The summed E-state index contributed by atoms with van der Waals surface area (Å²) in [6, 6.07) is 2.88. The predicted molar refractivity (Wildman–Crippen MR) is 64.3 cm³/mol. The maximum Gasteiger partial charge on any atom is 0.173 e. The summed E-state index contributed by atoms with van der Waals surface area (Å²) in [5.41, 5.74) is 6.29. The molecule has 4 heteroatoms. The van der Waals surface area contributed by atoms with Crippen LogP contribution < -0.4 is 5.73 Å². The molecule has 17 heavy (non-hydrogen) atoms. The summed E-state index contributed by atoms with van der Waals surface area (Å²) in [7, 11) is 0. The molecule has 0 saturated carbocycles. The lowest BCUT2D eigenvalue weighted by Crippen LogP contribution is -2.16. The van der Waals surface area contributed by atoms with Gasteiger partial charge in [-0.1, -0.05) is 11.8 Å². The van der Waals surface area contributed by atoms with Crippen molar-refractivity contribution in [2.75, 3.05) is 13.2 Å². The van der Waals surface area contributed by atoms with Gasteiger partial charge in [0, 0.05) is 6.54 Å². The Kier molecular flexibility index (Phi) is 4.42. The number of rotatable bonds is 4. The zero-order valence-electron chi connectivity index (χ0n) is 9.18. The van der Waals surface area contributed by atoms with E-state index in [-0.39, 0.29) is 30.2 Å². The summed E-state index contributed by atoms with van der Waals surface area (Å²) in [5, 5.41) is 19.0. The Morgan fingerprint density at radius 3 is 2.59 bits per heavy atom. The fraction of sp³-hybridized carbons (Fsp3) is 0.231. The molecule has 4 nitrogen and oxygen atoms in total. The van der Waals surface area contributed by atoms with Crippen molar-refractivity contribution in [3.63, 3.8) is 0 Å². The highest BCUT2D eigenvalue weighted by molar-refractivity contribution is 5.54. The molecule has 0 spiro atoms. The van der Waals surface area contributed by atoms with Crippen molar-refractivity contribution >= 4 is 0 Å². The number of terminal acetylenes is 2. The molecule has 0 aliphatic rings. The first-order chi connectivity index (χ1) is 8.13. The average molecular weight is 231 g/mol. The molecular formula is C13H13NO3. The molecule has 0 radical (unpaired) electrons. The Bertz CT molecular complexity index is 483. The van der Waals surface area contributed by atoms with Crippen LogP contribution in [0.3, 0.4) is 0 Å². The van der Waals surface area contributed by atoms with Gasteiger partial charge in [0.1, 0.15) is 6.61 Å². The predicted octanol–water partition coefficient (Wildman–Crippen LogP) is 0.729. The summed E-state index contributed by atoms with van der Waals surface area (Å²) >= 11 is 0. The standard InChI is InChI=1S/C13H13NO3/c1-3-5-17-12(8-14)10-6-9(4-2)13(16)11(15)7-10/h1-2,6-7,12,15-16H,5,8,14H2. The van der Waals surface area contributed by atoms with Crippen LogP contribution in [0.1, 0.15) is 17.2 Å². The lowest BCUT2D eigenvalue weighted by atomic mass is 10.0. The third kappa shape index (κ3) is 2.92. The maximum atomic E-state index is 9.50. The van der Waals surface area contributed by atoms with Gasteiger partial charge in [-0.2, -0.15) is 0 Å². The quantitative estimate of drug-likeness (QED) is 0.527. The molecule has 0 aromatic heterocycles. The van der Waals surface area contributed by atoms with Crippen LogP contribution in [-0.2, 0) is 4.74 Å². The minimum absolute atomic E-state index is 0.106. The summed E-state index contributed by atoms with van der Waals surface area (Å²) < 4.78 is 5.30. The van der Waals surface area contributed by atoms with Crippen LogP contribution in [0.2, 0.25) is 0 Å². The third-order valence-corrected chi connectivity index (χ3v) is 2.22. The van der Waals surface area contributed by atoms with E-state index >= 15 is 0 Å². The minimum Gasteiger partial charge on any atom is -0.504 e. The zero-order chi connectivity index (χ0) is 12.8. The molecule has 0 aliphatic heterocycles. The Labute approximate surface area is 100 Å². The highest BCUT2D eigenvalue weighted by Gasteiger charge is 2.15. The van der Waals surface area contributed by atoms with E-state index in [4.69, 9.17) is 23.3 Å². The van der Waals surface area contributed by atoms with Gasteiger partial charge in [-0.05, 0) is 17.7 Å². The second kappa shape index (κ2) is 5.81. The van der Waals surface area contributed by atoms with Gasteiger partial charge < -0.3 is 20.7 Å². The minimum atomic E-state index is -0.468. The second-order valence-corrected chi connectivity index (χ2v) is 3.32. The summed E-state index contributed by atoms with van der Waals surface area (Å²) in [4.78, 5) is 0. The molecule has 0 fully saturated rings. The van der Waals surface area contributed by atoms with Crippen molar-refractivity contribution in [2.45, 2.75) is 6.10 Å². The van der Waals surface area contributed by atoms with Gasteiger partial charge in [0.15, 0.2) is 11.5 Å². The van der Waals surface area contributed by atoms with Crippen molar-refractivity contribution in [1.82, 2.24) is 0 Å². The van der Waals surface area contributed by atoms with Crippen LogP contribution >= 0.6 is 0 Å². The van der Waals surface area contributed by atoms with Gasteiger partial charge in [0.25, 0.3) is 0 Å². The Balaban J connectivity index is 3.09. The number of aromatic hydroxyl groups is 2.